The van der Waals surface area contributed by atoms with Gasteiger partial charge in [-0.2, -0.15) is 4.68 Å². The summed E-state index contributed by atoms with van der Waals surface area (Å²) in [6, 6.07) is 8.81. The number of hydrogen-bond donors (Lipinski definition) is 1. The fourth-order valence-corrected chi connectivity index (χ4v) is 1.88. The van der Waals surface area contributed by atoms with Crippen LogP contribution in [-0.4, -0.2) is 34.3 Å². The molecule has 1 heterocycles. The van der Waals surface area contributed by atoms with Gasteiger partial charge in [0.2, 0.25) is 5.89 Å². The SMILES string of the molecule is CC(C)C(C)NC(=O)COC(=O)Cn1nc(-c2ccccc2)oc1=O. The molecule has 0 fully saturated rings. The number of nitrogens with one attached hydrogen (secondary N) is 1. The summed E-state index contributed by atoms with van der Waals surface area (Å²) in [4.78, 5) is 35.2. The van der Waals surface area contributed by atoms with Gasteiger partial charge in [0.25, 0.3) is 5.91 Å². The third kappa shape index (κ3) is 5.30. The quantitative estimate of drug-likeness (QED) is 0.755. The summed E-state index contributed by atoms with van der Waals surface area (Å²) in [5, 5.41) is 6.67. The Morgan fingerprint density at radius 2 is 1.92 bits per heavy atom. The molecule has 1 unspecified atom stereocenters. The van der Waals surface area contributed by atoms with Gasteiger partial charge < -0.3 is 14.5 Å². The van der Waals surface area contributed by atoms with Crippen LogP contribution in [0.4, 0.5) is 0 Å². The third-order valence-corrected chi connectivity index (χ3v) is 3.66. The number of ether oxygens (including phenoxy) is 1. The summed E-state index contributed by atoms with van der Waals surface area (Å²) in [7, 11) is 0. The summed E-state index contributed by atoms with van der Waals surface area (Å²) >= 11 is 0. The molecule has 1 amide bonds. The molecule has 1 aromatic heterocycles. The maximum Gasteiger partial charge on any atom is 0.437 e. The lowest BCUT2D eigenvalue weighted by molar-refractivity contribution is -0.149. The van der Waals surface area contributed by atoms with Crippen LogP contribution in [0.1, 0.15) is 20.8 Å². The number of nitrogens with zero attached hydrogens (tertiary/aromatic N) is 2. The Hall–Kier alpha value is -2.90. The first-order chi connectivity index (χ1) is 11.9. The van der Waals surface area contributed by atoms with Crippen LogP contribution in [-0.2, 0) is 20.9 Å². The van der Waals surface area contributed by atoms with Crippen molar-refractivity contribution in [2.24, 2.45) is 5.92 Å². The molecular formula is C17H21N3O5. The number of carbonyl (C=O) groups is 2. The van der Waals surface area contributed by atoms with E-state index in [4.69, 9.17) is 9.15 Å². The monoisotopic (exact) mass is 347 g/mol. The lowest BCUT2D eigenvalue weighted by Crippen LogP contribution is -2.39. The minimum Gasteiger partial charge on any atom is -0.454 e. The Morgan fingerprint density at radius 1 is 1.24 bits per heavy atom. The molecule has 0 saturated carbocycles. The van der Waals surface area contributed by atoms with Crippen molar-refractivity contribution in [3.63, 3.8) is 0 Å². The van der Waals surface area contributed by atoms with E-state index in [2.05, 4.69) is 10.4 Å². The summed E-state index contributed by atoms with van der Waals surface area (Å²) in [5.41, 5.74) is 0.619. The Bertz CT molecular complexity index is 779. The molecule has 0 aliphatic carbocycles. The molecule has 1 aromatic carbocycles. The van der Waals surface area contributed by atoms with E-state index in [0.29, 0.717) is 5.56 Å². The van der Waals surface area contributed by atoms with Crippen LogP contribution in [0, 0.1) is 5.92 Å². The number of carbonyl (C=O) groups excluding carboxylic acids is 2. The minimum atomic E-state index is -0.770. The van der Waals surface area contributed by atoms with Gasteiger partial charge in [-0.05, 0) is 25.0 Å². The lowest BCUT2D eigenvalue weighted by atomic mass is 10.1. The number of esters is 1. The zero-order valence-corrected chi connectivity index (χ0v) is 14.4. The molecule has 0 saturated heterocycles. The van der Waals surface area contributed by atoms with Crippen LogP contribution in [0.25, 0.3) is 11.5 Å². The normalized spacial score (nSPS) is 12.0. The maximum absolute atomic E-state index is 11.8. The standard InChI is InChI=1S/C17H21N3O5/c1-11(2)12(3)18-14(21)10-24-15(22)9-20-17(23)25-16(19-20)13-7-5-4-6-8-13/h4-8,11-12H,9-10H2,1-3H3,(H,18,21). The van der Waals surface area contributed by atoms with Crippen molar-refractivity contribution in [1.29, 1.82) is 0 Å². The van der Waals surface area contributed by atoms with E-state index in [1.54, 1.807) is 24.3 Å². The molecule has 0 spiro atoms. The zero-order chi connectivity index (χ0) is 18.4. The molecular weight excluding hydrogens is 326 g/mol. The Labute approximate surface area is 144 Å². The first-order valence-corrected chi connectivity index (χ1v) is 7.95. The van der Waals surface area contributed by atoms with Gasteiger partial charge in [0.1, 0.15) is 6.54 Å². The minimum absolute atomic E-state index is 0.0298. The summed E-state index contributed by atoms with van der Waals surface area (Å²) in [6.07, 6.45) is 0. The van der Waals surface area contributed by atoms with Gasteiger partial charge in [-0.1, -0.05) is 32.0 Å². The molecule has 134 valence electrons. The van der Waals surface area contributed by atoms with Crippen molar-refractivity contribution in [2.45, 2.75) is 33.4 Å². The first kappa shape index (κ1) is 18.4. The molecule has 0 radical (unpaired) electrons. The number of benzene rings is 1. The van der Waals surface area contributed by atoms with Crippen molar-refractivity contribution in [3.05, 3.63) is 40.9 Å². The van der Waals surface area contributed by atoms with Crippen LogP contribution >= 0.6 is 0 Å². The largest absolute Gasteiger partial charge is 0.454 e. The van der Waals surface area contributed by atoms with E-state index >= 15 is 0 Å². The average molecular weight is 347 g/mol. The number of hydrogen-bond acceptors (Lipinski definition) is 6. The molecule has 1 atom stereocenters. The van der Waals surface area contributed by atoms with E-state index in [9.17, 15) is 14.4 Å². The summed E-state index contributed by atoms with van der Waals surface area (Å²) < 4.78 is 10.7. The van der Waals surface area contributed by atoms with Gasteiger partial charge in [0, 0.05) is 11.6 Å². The predicted octanol–water partition coefficient (Wildman–Crippen LogP) is 1.21. The van der Waals surface area contributed by atoms with E-state index in [1.807, 2.05) is 26.8 Å². The van der Waals surface area contributed by atoms with Crippen molar-refractivity contribution in [2.75, 3.05) is 6.61 Å². The Kier molecular flexibility index (Phi) is 6.10. The Morgan fingerprint density at radius 3 is 2.56 bits per heavy atom. The highest BCUT2D eigenvalue weighted by Crippen LogP contribution is 2.13. The molecule has 2 rings (SSSR count). The van der Waals surface area contributed by atoms with Crippen LogP contribution in [0.3, 0.4) is 0 Å². The van der Waals surface area contributed by atoms with Gasteiger partial charge in [-0.15, -0.1) is 5.10 Å². The Balaban J connectivity index is 1.90. The highest BCUT2D eigenvalue weighted by Gasteiger charge is 2.16. The maximum atomic E-state index is 11.8. The average Bonchev–Trinajstić information content (AvgIpc) is 2.94. The molecule has 1 N–H and O–H groups in total. The predicted molar refractivity (Wildman–Crippen MR) is 89.6 cm³/mol. The molecule has 0 aliphatic heterocycles. The fraction of sp³-hybridized carbons (Fsp3) is 0.412. The van der Waals surface area contributed by atoms with Crippen LogP contribution < -0.4 is 11.1 Å². The van der Waals surface area contributed by atoms with Gasteiger partial charge in [-0.25, -0.2) is 4.79 Å². The van der Waals surface area contributed by atoms with E-state index < -0.39 is 30.8 Å². The zero-order valence-electron chi connectivity index (χ0n) is 14.4. The molecule has 2 aromatic rings. The van der Waals surface area contributed by atoms with E-state index in [0.717, 1.165) is 4.68 Å². The smallest absolute Gasteiger partial charge is 0.437 e. The number of amides is 1. The van der Waals surface area contributed by atoms with Crippen molar-refractivity contribution < 1.29 is 18.7 Å². The highest BCUT2D eigenvalue weighted by atomic mass is 16.5. The van der Waals surface area contributed by atoms with Crippen molar-refractivity contribution >= 4 is 11.9 Å². The van der Waals surface area contributed by atoms with Crippen LogP contribution in [0.15, 0.2) is 39.5 Å². The van der Waals surface area contributed by atoms with E-state index in [1.165, 1.54) is 0 Å². The molecule has 0 aliphatic rings. The molecule has 8 nitrogen and oxygen atoms in total. The molecule has 25 heavy (non-hydrogen) atoms. The highest BCUT2D eigenvalue weighted by molar-refractivity contribution is 5.80. The second-order valence-corrected chi connectivity index (χ2v) is 5.96. The van der Waals surface area contributed by atoms with Crippen LogP contribution in [0.5, 0.6) is 0 Å². The van der Waals surface area contributed by atoms with Gasteiger partial charge in [0.15, 0.2) is 6.61 Å². The van der Waals surface area contributed by atoms with E-state index in [-0.39, 0.29) is 17.9 Å². The molecule has 8 heteroatoms. The van der Waals surface area contributed by atoms with Gasteiger partial charge in [0.05, 0.1) is 0 Å². The number of rotatable bonds is 7. The fourth-order valence-electron chi connectivity index (χ4n) is 1.88. The van der Waals surface area contributed by atoms with Crippen LogP contribution in [0.2, 0.25) is 0 Å². The second-order valence-electron chi connectivity index (χ2n) is 5.96. The first-order valence-electron chi connectivity index (χ1n) is 7.95. The van der Waals surface area contributed by atoms with Gasteiger partial charge >= 0.3 is 11.7 Å². The van der Waals surface area contributed by atoms with Crippen molar-refractivity contribution in [1.82, 2.24) is 15.1 Å². The van der Waals surface area contributed by atoms with Crippen molar-refractivity contribution in [3.8, 4) is 11.5 Å². The molecule has 0 bridgehead atoms. The number of aromatic nitrogens is 2. The van der Waals surface area contributed by atoms with Gasteiger partial charge in [-0.3, -0.25) is 9.59 Å². The summed E-state index contributed by atoms with van der Waals surface area (Å²) in [6.45, 7) is 4.97. The lowest BCUT2D eigenvalue weighted by Gasteiger charge is -2.17. The topological polar surface area (TPSA) is 103 Å². The second kappa shape index (κ2) is 8.27. The summed E-state index contributed by atoms with van der Waals surface area (Å²) in [5.74, 6) is -1.53. The third-order valence-electron chi connectivity index (χ3n) is 3.66.